The van der Waals surface area contributed by atoms with Gasteiger partial charge in [-0.1, -0.05) is 51.1 Å². The second-order valence-electron chi connectivity index (χ2n) is 7.23. The second kappa shape index (κ2) is 9.26. The van der Waals surface area contributed by atoms with Crippen LogP contribution in [0.1, 0.15) is 32.8 Å². The van der Waals surface area contributed by atoms with E-state index in [1.54, 1.807) is 0 Å². The molecule has 1 heterocycles. The summed E-state index contributed by atoms with van der Waals surface area (Å²) in [4.78, 5) is 14.7. The number of carbonyl (C=O) groups is 1. The Hall–Kier alpha value is -1.10. The normalized spacial score (nSPS) is 18.1. The Morgan fingerprint density at radius 1 is 1.30 bits per heavy atom. The third-order valence-corrected chi connectivity index (χ3v) is 3.65. The van der Waals surface area contributed by atoms with Crippen LogP contribution in [0.5, 0.6) is 0 Å². The van der Waals surface area contributed by atoms with Gasteiger partial charge >= 0.3 is 0 Å². The maximum atomic E-state index is 12.7. The van der Waals surface area contributed by atoms with Gasteiger partial charge in [0.2, 0.25) is 5.91 Å². The van der Waals surface area contributed by atoms with Gasteiger partial charge in [-0.05, 0) is 11.0 Å². The van der Waals surface area contributed by atoms with E-state index in [4.69, 9.17) is 4.74 Å². The Morgan fingerprint density at radius 2 is 2.00 bits per heavy atom. The number of nitrogens with one attached hydrogen (secondary N) is 1. The van der Waals surface area contributed by atoms with Crippen LogP contribution in [0.25, 0.3) is 0 Å². The first kappa shape index (κ1) is 19.9. The van der Waals surface area contributed by atoms with Gasteiger partial charge in [-0.2, -0.15) is 0 Å². The summed E-state index contributed by atoms with van der Waals surface area (Å²) in [7, 11) is 0. The lowest BCUT2D eigenvalue weighted by Crippen LogP contribution is -2.46. The standard InChI is InChI=1S/C18H28N2O2.ClH/c1-18(2,3)14-20(12-15-7-5-4-6-8-15)17(21)11-16-13-22-10-9-19-16;/h4-8,16,19H,9-14H2,1-3H3;1H. The van der Waals surface area contributed by atoms with Crippen molar-refractivity contribution in [1.82, 2.24) is 10.2 Å². The number of rotatable bonds is 5. The van der Waals surface area contributed by atoms with Crippen LogP contribution in [0.3, 0.4) is 0 Å². The van der Waals surface area contributed by atoms with Crippen molar-refractivity contribution in [2.45, 2.75) is 39.8 Å². The predicted octanol–water partition coefficient (Wildman–Crippen LogP) is 2.86. The van der Waals surface area contributed by atoms with Gasteiger partial charge in [-0.25, -0.2) is 0 Å². The van der Waals surface area contributed by atoms with E-state index < -0.39 is 0 Å². The number of hydrogen-bond donors (Lipinski definition) is 1. The van der Waals surface area contributed by atoms with E-state index in [1.165, 1.54) is 5.56 Å². The molecule has 0 aromatic heterocycles. The lowest BCUT2D eigenvalue weighted by molar-refractivity contribution is -0.134. The molecule has 1 aliphatic heterocycles. The quantitative estimate of drug-likeness (QED) is 0.896. The molecule has 130 valence electrons. The van der Waals surface area contributed by atoms with Crippen LogP contribution in [0.2, 0.25) is 0 Å². The molecular weight excluding hydrogens is 312 g/mol. The van der Waals surface area contributed by atoms with E-state index in [1.807, 2.05) is 23.1 Å². The largest absolute Gasteiger partial charge is 0.378 e. The minimum absolute atomic E-state index is 0. The lowest BCUT2D eigenvalue weighted by Gasteiger charge is -2.32. The molecule has 0 aliphatic carbocycles. The number of amides is 1. The monoisotopic (exact) mass is 340 g/mol. The number of carbonyl (C=O) groups excluding carboxylic acids is 1. The highest BCUT2D eigenvalue weighted by Gasteiger charge is 2.24. The highest BCUT2D eigenvalue weighted by molar-refractivity contribution is 5.85. The molecule has 2 rings (SSSR count). The zero-order valence-electron chi connectivity index (χ0n) is 14.4. The molecule has 4 nitrogen and oxygen atoms in total. The summed E-state index contributed by atoms with van der Waals surface area (Å²) in [6.45, 7) is 10.1. The van der Waals surface area contributed by atoms with Gasteiger partial charge in [0.1, 0.15) is 0 Å². The summed E-state index contributed by atoms with van der Waals surface area (Å²) in [5, 5.41) is 3.36. The van der Waals surface area contributed by atoms with Crippen molar-refractivity contribution in [3.8, 4) is 0 Å². The first-order chi connectivity index (χ1) is 10.4. The number of halogens is 1. The smallest absolute Gasteiger partial charge is 0.224 e. The molecule has 1 aromatic rings. The van der Waals surface area contributed by atoms with Gasteiger partial charge in [-0.3, -0.25) is 4.79 Å². The summed E-state index contributed by atoms with van der Waals surface area (Å²) >= 11 is 0. The molecule has 1 unspecified atom stereocenters. The van der Waals surface area contributed by atoms with Crippen LogP contribution < -0.4 is 5.32 Å². The average Bonchev–Trinajstić information content (AvgIpc) is 2.47. The van der Waals surface area contributed by atoms with Crippen LogP contribution in [0, 0.1) is 5.41 Å². The number of ether oxygens (including phenoxy) is 1. The molecule has 1 amide bonds. The molecule has 1 N–H and O–H groups in total. The third-order valence-electron chi connectivity index (χ3n) is 3.65. The van der Waals surface area contributed by atoms with Crippen molar-refractivity contribution in [3.63, 3.8) is 0 Å². The first-order valence-electron chi connectivity index (χ1n) is 8.07. The summed E-state index contributed by atoms with van der Waals surface area (Å²) in [5.41, 5.74) is 1.26. The maximum absolute atomic E-state index is 12.7. The fourth-order valence-corrected chi connectivity index (χ4v) is 2.70. The van der Waals surface area contributed by atoms with E-state index in [9.17, 15) is 4.79 Å². The number of nitrogens with zero attached hydrogens (tertiary/aromatic N) is 1. The van der Waals surface area contributed by atoms with E-state index in [-0.39, 0.29) is 29.8 Å². The van der Waals surface area contributed by atoms with Gasteiger partial charge in [0.05, 0.1) is 13.2 Å². The molecule has 1 aliphatic rings. The van der Waals surface area contributed by atoms with Gasteiger partial charge in [-0.15, -0.1) is 12.4 Å². The third kappa shape index (κ3) is 7.34. The van der Waals surface area contributed by atoms with Crippen LogP contribution in [0.15, 0.2) is 30.3 Å². The second-order valence-corrected chi connectivity index (χ2v) is 7.23. The minimum Gasteiger partial charge on any atom is -0.378 e. The first-order valence-corrected chi connectivity index (χ1v) is 8.07. The molecule has 0 radical (unpaired) electrons. The summed E-state index contributed by atoms with van der Waals surface area (Å²) in [6, 6.07) is 10.3. The van der Waals surface area contributed by atoms with Gasteiger partial charge in [0.25, 0.3) is 0 Å². The van der Waals surface area contributed by atoms with Crippen LogP contribution >= 0.6 is 12.4 Å². The minimum atomic E-state index is 0. The fourth-order valence-electron chi connectivity index (χ4n) is 2.70. The van der Waals surface area contributed by atoms with Crippen molar-refractivity contribution in [2.24, 2.45) is 5.41 Å². The molecule has 0 saturated carbocycles. The lowest BCUT2D eigenvalue weighted by atomic mass is 9.95. The van der Waals surface area contributed by atoms with E-state index in [2.05, 4.69) is 38.2 Å². The predicted molar refractivity (Wildman–Crippen MR) is 95.8 cm³/mol. The van der Waals surface area contributed by atoms with Crippen molar-refractivity contribution >= 4 is 18.3 Å². The summed E-state index contributed by atoms with van der Waals surface area (Å²) in [6.07, 6.45) is 0.503. The Labute approximate surface area is 146 Å². The van der Waals surface area contributed by atoms with E-state index in [0.29, 0.717) is 19.6 Å². The molecule has 23 heavy (non-hydrogen) atoms. The maximum Gasteiger partial charge on any atom is 0.224 e. The summed E-state index contributed by atoms with van der Waals surface area (Å²) < 4.78 is 5.45. The number of hydrogen-bond acceptors (Lipinski definition) is 3. The zero-order chi connectivity index (χ0) is 16.0. The SMILES string of the molecule is CC(C)(C)CN(Cc1ccccc1)C(=O)CC1COCCN1.Cl. The fraction of sp³-hybridized carbons (Fsp3) is 0.611. The topological polar surface area (TPSA) is 41.6 Å². The molecule has 0 spiro atoms. The van der Waals surface area contributed by atoms with Crippen LogP contribution in [-0.2, 0) is 16.1 Å². The van der Waals surface area contributed by atoms with Gasteiger partial charge < -0.3 is 15.0 Å². The molecule has 1 aromatic carbocycles. The average molecular weight is 341 g/mol. The Balaban J connectivity index is 0.00000264. The van der Waals surface area contributed by atoms with Gasteiger partial charge in [0, 0.05) is 32.1 Å². The van der Waals surface area contributed by atoms with Crippen LogP contribution in [0.4, 0.5) is 0 Å². The van der Waals surface area contributed by atoms with Crippen molar-refractivity contribution < 1.29 is 9.53 Å². The molecule has 0 bridgehead atoms. The Bertz CT molecular complexity index is 468. The highest BCUT2D eigenvalue weighted by Crippen LogP contribution is 2.18. The molecular formula is C18H29ClN2O2. The molecule has 5 heteroatoms. The van der Waals surface area contributed by atoms with Gasteiger partial charge in [0.15, 0.2) is 0 Å². The van der Waals surface area contributed by atoms with Crippen molar-refractivity contribution in [1.29, 1.82) is 0 Å². The molecule has 1 saturated heterocycles. The Morgan fingerprint density at radius 3 is 2.57 bits per heavy atom. The van der Waals surface area contributed by atoms with Crippen LogP contribution in [-0.4, -0.2) is 43.2 Å². The van der Waals surface area contributed by atoms with Crippen molar-refractivity contribution in [3.05, 3.63) is 35.9 Å². The van der Waals surface area contributed by atoms with E-state index in [0.717, 1.165) is 19.7 Å². The van der Waals surface area contributed by atoms with Crippen molar-refractivity contribution in [2.75, 3.05) is 26.3 Å². The summed E-state index contributed by atoms with van der Waals surface area (Å²) in [5.74, 6) is 0.196. The number of benzene rings is 1. The molecule has 1 atom stereocenters. The zero-order valence-corrected chi connectivity index (χ0v) is 15.2. The molecule has 1 fully saturated rings. The number of morpholine rings is 1. The highest BCUT2D eigenvalue weighted by atomic mass is 35.5. The van der Waals surface area contributed by atoms with E-state index >= 15 is 0 Å². The Kier molecular flexibility index (Phi) is 8.03.